The molecule has 1 saturated carbocycles. The standard InChI is InChI=1S/C28H45ClFN3O4/c1-27(36)13-10-20(11-14-27)17-22(18-31-2)32-26(35)33-15-6-7-21(19-33)28(37,12-3-4-16-34)23-8-5-9-24(29)25(23)30/h5,8-9,20-22,31,34,36-37H,3-4,6-7,10-19H2,1-2H3,(H,32,35)/t20-,21-,22+,27-,28+/m1/s1. The Morgan fingerprint density at radius 2 is 2.03 bits per heavy atom. The van der Waals surface area contributed by atoms with E-state index in [1.54, 1.807) is 17.0 Å². The number of likely N-dealkylation sites (tertiary alicyclic amines) is 1. The van der Waals surface area contributed by atoms with E-state index in [0.29, 0.717) is 51.2 Å². The van der Waals surface area contributed by atoms with Crippen LogP contribution in [0.4, 0.5) is 9.18 Å². The molecule has 1 saturated heterocycles. The van der Waals surface area contributed by atoms with Gasteiger partial charge in [-0.25, -0.2) is 9.18 Å². The number of benzene rings is 1. The van der Waals surface area contributed by atoms with Crippen LogP contribution in [0.1, 0.15) is 76.7 Å². The van der Waals surface area contributed by atoms with Crippen LogP contribution in [0.5, 0.6) is 0 Å². The predicted molar refractivity (Wildman–Crippen MR) is 144 cm³/mol. The number of carbonyl (C=O) groups excluding carboxylic acids is 1. The number of aliphatic hydroxyl groups is 3. The van der Waals surface area contributed by atoms with E-state index in [-0.39, 0.29) is 41.6 Å². The third-order valence-corrected chi connectivity index (χ3v) is 8.64. The highest BCUT2D eigenvalue weighted by Crippen LogP contribution is 2.42. The van der Waals surface area contributed by atoms with Gasteiger partial charge in [0.15, 0.2) is 0 Å². The molecule has 0 bridgehead atoms. The van der Waals surface area contributed by atoms with E-state index in [1.807, 2.05) is 14.0 Å². The number of aliphatic hydroxyl groups excluding tert-OH is 1. The molecular formula is C28H45ClFN3O4. The van der Waals surface area contributed by atoms with Gasteiger partial charge in [-0.2, -0.15) is 0 Å². The Morgan fingerprint density at radius 1 is 1.30 bits per heavy atom. The predicted octanol–water partition coefficient (Wildman–Crippen LogP) is 4.17. The average Bonchev–Trinajstić information content (AvgIpc) is 2.87. The Kier molecular flexibility index (Phi) is 11.0. The molecule has 9 heteroatoms. The first-order valence-electron chi connectivity index (χ1n) is 13.8. The first-order chi connectivity index (χ1) is 17.6. The molecule has 2 amide bonds. The minimum Gasteiger partial charge on any atom is -0.396 e. The van der Waals surface area contributed by atoms with Gasteiger partial charge in [-0.15, -0.1) is 0 Å². The summed E-state index contributed by atoms with van der Waals surface area (Å²) in [4.78, 5) is 15.1. The van der Waals surface area contributed by atoms with E-state index < -0.39 is 17.0 Å². The third-order valence-electron chi connectivity index (χ3n) is 8.35. The van der Waals surface area contributed by atoms with Gasteiger partial charge in [-0.3, -0.25) is 0 Å². The van der Waals surface area contributed by atoms with Crippen molar-refractivity contribution in [2.45, 2.75) is 88.4 Å². The maximum atomic E-state index is 15.1. The van der Waals surface area contributed by atoms with Crippen LogP contribution in [0.2, 0.25) is 5.02 Å². The van der Waals surface area contributed by atoms with E-state index in [2.05, 4.69) is 10.6 Å². The average molecular weight is 542 g/mol. The van der Waals surface area contributed by atoms with Crippen molar-refractivity contribution in [3.63, 3.8) is 0 Å². The quantitative estimate of drug-likeness (QED) is 0.270. The maximum Gasteiger partial charge on any atom is 0.317 e. The lowest BCUT2D eigenvalue weighted by Crippen LogP contribution is -2.54. The summed E-state index contributed by atoms with van der Waals surface area (Å²) in [5, 5.41) is 37.8. The lowest BCUT2D eigenvalue weighted by Gasteiger charge is -2.43. The summed E-state index contributed by atoms with van der Waals surface area (Å²) in [7, 11) is 1.87. The molecule has 1 heterocycles. The number of urea groups is 1. The van der Waals surface area contributed by atoms with Gasteiger partial charge in [-0.1, -0.05) is 23.7 Å². The van der Waals surface area contributed by atoms with Crippen LogP contribution in [-0.4, -0.2) is 71.2 Å². The highest BCUT2D eigenvalue weighted by Gasteiger charge is 2.43. The molecule has 1 aromatic rings. The van der Waals surface area contributed by atoms with Crippen molar-refractivity contribution in [3.8, 4) is 0 Å². The molecule has 1 aromatic carbocycles. The zero-order valence-electron chi connectivity index (χ0n) is 22.3. The topological polar surface area (TPSA) is 105 Å². The number of hydrogen-bond donors (Lipinski definition) is 5. The van der Waals surface area contributed by atoms with Crippen LogP contribution in [-0.2, 0) is 5.60 Å². The fourth-order valence-electron chi connectivity index (χ4n) is 6.10. The van der Waals surface area contributed by atoms with Crippen LogP contribution < -0.4 is 10.6 Å². The highest BCUT2D eigenvalue weighted by atomic mass is 35.5. The number of nitrogens with zero attached hydrogens (tertiary/aromatic N) is 1. The van der Waals surface area contributed by atoms with Crippen LogP contribution in [0.25, 0.3) is 0 Å². The Bertz CT molecular complexity index is 879. The number of piperidine rings is 1. The number of hydrogen-bond acceptors (Lipinski definition) is 5. The van der Waals surface area contributed by atoms with Gasteiger partial charge in [0.2, 0.25) is 0 Å². The van der Waals surface area contributed by atoms with Crippen molar-refractivity contribution >= 4 is 17.6 Å². The Balaban J connectivity index is 1.70. The fraction of sp³-hybridized carbons (Fsp3) is 0.750. The van der Waals surface area contributed by atoms with Gasteiger partial charge < -0.3 is 30.9 Å². The smallest absolute Gasteiger partial charge is 0.317 e. The van der Waals surface area contributed by atoms with E-state index in [9.17, 15) is 20.1 Å². The van der Waals surface area contributed by atoms with Gasteiger partial charge in [0.25, 0.3) is 0 Å². The van der Waals surface area contributed by atoms with Crippen molar-refractivity contribution in [1.82, 2.24) is 15.5 Å². The summed E-state index contributed by atoms with van der Waals surface area (Å²) in [6, 6.07) is 4.46. The molecule has 210 valence electrons. The van der Waals surface area contributed by atoms with Gasteiger partial charge in [-0.05, 0) is 90.2 Å². The molecule has 5 N–H and O–H groups in total. The Hall–Kier alpha value is -1.45. The summed E-state index contributed by atoms with van der Waals surface area (Å²) in [5.74, 6) is -0.532. The molecule has 3 atom stereocenters. The van der Waals surface area contributed by atoms with Crippen molar-refractivity contribution in [1.29, 1.82) is 0 Å². The number of likely N-dealkylation sites (N-methyl/N-ethyl adjacent to an activating group) is 1. The molecule has 0 unspecified atom stereocenters. The normalized spacial score (nSPS) is 26.9. The lowest BCUT2D eigenvalue weighted by molar-refractivity contribution is -0.0586. The molecule has 3 rings (SSSR count). The molecule has 7 nitrogen and oxygen atoms in total. The summed E-state index contributed by atoms with van der Waals surface area (Å²) < 4.78 is 15.1. The van der Waals surface area contributed by atoms with Gasteiger partial charge >= 0.3 is 6.03 Å². The molecule has 0 aromatic heterocycles. The second-order valence-electron chi connectivity index (χ2n) is 11.4. The van der Waals surface area contributed by atoms with E-state index in [4.69, 9.17) is 11.6 Å². The number of amides is 2. The second kappa shape index (κ2) is 13.6. The second-order valence-corrected chi connectivity index (χ2v) is 11.8. The zero-order valence-corrected chi connectivity index (χ0v) is 23.1. The third kappa shape index (κ3) is 8.02. The fourth-order valence-corrected chi connectivity index (χ4v) is 6.27. The van der Waals surface area contributed by atoms with Crippen molar-refractivity contribution in [3.05, 3.63) is 34.6 Å². The maximum absolute atomic E-state index is 15.1. The minimum atomic E-state index is -1.49. The number of unbranched alkanes of at least 4 members (excludes halogenated alkanes) is 1. The van der Waals surface area contributed by atoms with Crippen LogP contribution in [0.15, 0.2) is 18.2 Å². The Morgan fingerprint density at radius 3 is 2.70 bits per heavy atom. The summed E-state index contributed by atoms with van der Waals surface area (Å²) in [5.41, 5.74) is -1.92. The molecule has 2 aliphatic rings. The van der Waals surface area contributed by atoms with Crippen LogP contribution in [0, 0.1) is 17.7 Å². The first kappa shape index (κ1) is 30.1. The lowest BCUT2D eigenvalue weighted by atomic mass is 9.74. The van der Waals surface area contributed by atoms with Gasteiger partial charge in [0.1, 0.15) is 5.82 Å². The van der Waals surface area contributed by atoms with E-state index in [1.165, 1.54) is 6.07 Å². The van der Waals surface area contributed by atoms with E-state index >= 15 is 4.39 Å². The SMILES string of the molecule is CNC[C@H](C[C@H]1CC[C@](C)(O)CC1)NC(=O)N1CCC[C@@H]([C@@](O)(CCCCO)c2cccc(Cl)c2F)C1. The summed E-state index contributed by atoms with van der Waals surface area (Å²) in [6.07, 6.45) is 6.97. The largest absolute Gasteiger partial charge is 0.396 e. The summed E-state index contributed by atoms with van der Waals surface area (Å²) >= 11 is 6.06. The van der Waals surface area contributed by atoms with Crippen molar-refractivity contribution < 1.29 is 24.5 Å². The van der Waals surface area contributed by atoms with Crippen molar-refractivity contribution in [2.24, 2.45) is 11.8 Å². The molecule has 2 fully saturated rings. The number of halogens is 2. The zero-order chi connectivity index (χ0) is 27.1. The number of carbonyl (C=O) groups is 1. The Labute approximate surface area is 225 Å². The van der Waals surface area contributed by atoms with Crippen LogP contribution in [0.3, 0.4) is 0 Å². The molecule has 1 aliphatic carbocycles. The summed E-state index contributed by atoms with van der Waals surface area (Å²) in [6.45, 7) is 3.42. The van der Waals surface area contributed by atoms with Gasteiger partial charge in [0.05, 0.1) is 16.2 Å². The molecule has 37 heavy (non-hydrogen) atoms. The molecule has 1 aliphatic heterocycles. The minimum absolute atomic E-state index is 0.00129. The highest BCUT2D eigenvalue weighted by molar-refractivity contribution is 6.30. The van der Waals surface area contributed by atoms with Gasteiger partial charge in [0, 0.05) is 43.8 Å². The number of nitrogens with one attached hydrogen (secondary N) is 2. The molecule has 0 radical (unpaired) electrons. The molecule has 0 spiro atoms. The molecular weight excluding hydrogens is 497 g/mol. The number of rotatable bonds is 11. The van der Waals surface area contributed by atoms with E-state index in [0.717, 1.165) is 32.1 Å². The van der Waals surface area contributed by atoms with Crippen LogP contribution >= 0.6 is 11.6 Å². The van der Waals surface area contributed by atoms with Crippen molar-refractivity contribution in [2.75, 3.05) is 33.3 Å². The monoisotopic (exact) mass is 541 g/mol. The first-order valence-corrected chi connectivity index (χ1v) is 14.2.